The Labute approximate surface area is 280 Å². The van der Waals surface area contributed by atoms with Gasteiger partial charge in [0.1, 0.15) is 0 Å². The zero-order chi connectivity index (χ0) is 32.0. The lowest BCUT2D eigenvalue weighted by Crippen LogP contribution is -2.32. The van der Waals surface area contributed by atoms with E-state index in [1.807, 2.05) is 0 Å². The molecule has 3 saturated heterocycles. The average molecular weight is 663 g/mol. The summed E-state index contributed by atoms with van der Waals surface area (Å²) in [6.45, 7) is 4.48. The van der Waals surface area contributed by atoms with Crippen molar-refractivity contribution in [1.29, 1.82) is 0 Å². The number of aliphatic carboxylic acids is 1. The number of hydrogen-bond acceptors (Lipinski definition) is 8. The van der Waals surface area contributed by atoms with Crippen LogP contribution in [0.5, 0.6) is 0 Å². The summed E-state index contributed by atoms with van der Waals surface area (Å²) in [5, 5.41) is 11.2. The van der Waals surface area contributed by atoms with Crippen LogP contribution in [0.15, 0.2) is 23.6 Å². The van der Waals surface area contributed by atoms with Crippen molar-refractivity contribution in [3.63, 3.8) is 0 Å². The fourth-order valence-electron chi connectivity index (χ4n) is 7.51. The van der Waals surface area contributed by atoms with Gasteiger partial charge in [-0.25, -0.2) is 0 Å². The molecule has 1 saturated carbocycles. The quantitative estimate of drug-likeness (QED) is 0.124. The minimum absolute atomic E-state index is 0.00403. The molecule has 1 aromatic heterocycles. The molecule has 4 heterocycles. The Kier molecular flexibility index (Phi) is 15.3. The zero-order valence-corrected chi connectivity index (χ0v) is 28.8. The molecule has 0 bridgehead atoms. The molecule has 260 valence electrons. The van der Waals surface area contributed by atoms with Crippen molar-refractivity contribution in [3.8, 4) is 0 Å². The van der Waals surface area contributed by atoms with Crippen molar-refractivity contribution in [1.82, 2.24) is 0 Å². The van der Waals surface area contributed by atoms with E-state index >= 15 is 0 Å². The standard InChI is InChI=1S/C37H58O8S/c1-27-28(21-25-46-27)17-18-29(43-35-14-6-9-22-40-35)19-20-31-30(12-4-2-3-5-13-34(38)39)32(44-36-15-7-10-23-41-36)26-33(31)45-37-16-8-11-24-42-37/h19-21,25,29-33,35-37H,2-18,22-24,26H2,1H3,(H,38,39)/b20-19+/t29?,30-,31-,32+,33-,35+,36?,37?/m1/s1. The monoisotopic (exact) mass is 662 g/mol. The number of rotatable bonds is 18. The lowest BCUT2D eigenvalue weighted by atomic mass is 9.87. The molecule has 8 atom stereocenters. The zero-order valence-electron chi connectivity index (χ0n) is 28.0. The number of unbranched alkanes of at least 4 members (excludes halogenated alkanes) is 3. The SMILES string of the molecule is Cc1sccc1CCC(/C=C/[C@@H]1[C@@H](CCCCCCC(=O)O)[C@@H](OC2CCCCO2)C[C@H]1OC1CCCCO1)O[C@H]1CCCCO1. The summed E-state index contributed by atoms with van der Waals surface area (Å²) in [4.78, 5) is 12.4. The Morgan fingerprint density at radius 3 is 2.17 bits per heavy atom. The molecule has 8 nitrogen and oxygen atoms in total. The third-order valence-corrected chi connectivity index (χ3v) is 11.0. The molecule has 0 radical (unpaired) electrons. The van der Waals surface area contributed by atoms with Gasteiger partial charge < -0.3 is 33.5 Å². The van der Waals surface area contributed by atoms with Crippen LogP contribution in [0.1, 0.15) is 120 Å². The predicted molar refractivity (Wildman–Crippen MR) is 179 cm³/mol. The highest BCUT2D eigenvalue weighted by Crippen LogP contribution is 2.43. The van der Waals surface area contributed by atoms with Gasteiger partial charge in [-0.2, -0.15) is 0 Å². The van der Waals surface area contributed by atoms with Crippen LogP contribution in [-0.2, 0) is 39.6 Å². The van der Waals surface area contributed by atoms with Crippen molar-refractivity contribution in [3.05, 3.63) is 34.0 Å². The Morgan fingerprint density at radius 1 is 0.913 bits per heavy atom. The highest BCUT2D eigenvalue weighted by Gasteiger charge is 2.45. The molecular weight excluding hydrogens is 604 g/mol. The van der Waals surface area contributed by atoms with Crippen LogP contribution >= 0.6 is 11.3 Å². The Morgan fingerprint density at radius 2 is 1.57 bits per heavy atom. The molecular formula is C37H58O8S. The highest BCUT2D eigenvalue weighted by molar-refractivity contribution is 7.10. The van der Waals surface area contributed by atoms with E-state index < -0.39 is 5.97 Å². The number of hydrogen-bond donors (Lipinski definition) is 1. The van der Waals surface area contributed by atoms with E-state index in [-0.39, 0.29) is 55.4 Å². The molecule has 3 aliphatic heterocycles. The second kappa shape index (κ2) is 19.6. The fraction of sp³-hybridized carbons (Fsp3) is 0.811. The first-order chi connectivity index (χ1) is 22.5. The largest absolute Gasteiger partial charge is 0.481 e. The van der Waals surface area contributed by atoms with Gasteiger partial charge in [-0.05, 0) is 113 Å². The molecule has 3 unspecified atom stereocenters. The highest BCUT2D eigenvalue weighted by atomic mass is 32.1. The average Bonchev–Trinajstić information content (AvgIpc) is 3.63. The number of carboxylic acids is 1. The van der Waals surface area contributed by atoms with Crippen LogP contribution in [0.3, 0.4) is 0 Å². The summed E-state index contributed by atoms with van der Waals surface area (Å²) in [5.41, 5.74) is 1.40. The van der Waals surface area contributed by atoms with E-state index in [1.165, 1.54) is 10.4 Å². The topological polar surface area (TPSA) is 92.7 Å². The molecule has 9 heteroatoms. The van der Waals surface area contributed by atoms with Crippen LogP contribution in [-0.4, -0.2) is 68.1 Å². The van der Waals surface area contributed by atoms with Crippen LogP contribution < -0.4 is 0 Å². The molecule has 1 aliphatic carbocycles. The summed E-state index contributed by atoms with van der Waals surface area (Å²) < 4.78 is 38.3. The van der Waals surface area contributed by atoms with Gasteiger partial charge in [0, 0.05) is 43.5 Å². The maximum atomic E-state index is 11.0. The maximum absolute atomic E-state index is 11.0. The Balaban J connectivity index is 1.32. The van der Waals surface area contributed by atoms with Crippen LogP contribution in [0, 0.1) is 18.8 Å². The van der Waals surface area contributed by atoms with Crippen molar-refractivity contribution >= 4 is 17.3 Å². The lowest BCUT2D eigenvalue weighted by Gasteiger charge is -2.31. The van der Waals surface area contributed by atoms with Gasteiger partial charge in [0.2, 0.25) is 0 Å². The normalized spacial score (nSPS) is 31.4. The van der Waals surface area contributed by atoms with Gasteiger partial charge in [0.25, 0.3) is 0 Å². The molecule has 1 aromatic rings. The first-order valence-electron chi connectivity index (χ1n) is 18.3. The van der Waals surface area contributed by atoms with Crippen LogP contribution in [0.2, 0.25) is 0 Å². The minimum atomic E-state index is -0.712. The van der Waals surface area contributed by atoms with Gasteiger partial charge in [-0.3, -0.25) is 4.79 Å². The number of carbonyl (C=O) groups is 1. The van der Waals surface area contributed by atoms with E-state index in [2.05, 4.69) is 30.5 Å². The van der Waals surface area contributed by atoms with Gasteiger partial charge in [-0.15, -0.1) is 11.3 Å². The van der Waals surface area contributed by atoms with E-state index in [1.54, 1.807) is 11.3 Å². The van der Waals surface area contributed by atoms with E-state index in [4.69, 9.17) is 33.5 Å². The number of carboxylic acid groups (broad SMARTS) is 1. The van der Waals surface area contributed by atoms with E-state index in [0.29, 0.717) is 0 Å². The minimum Gasteiger partial charge on any atom is -0.481 e. The van der Waals surface area contributed by atoms with Crippen molar-refractivity contribution in [2.45, 2.75) is 160 Å². The van der Waals surface area contributed by atoms with Crippen molar-refractivity contribution in [2.24, 2.45) is 11.8 Å². The van der Waals surface area contributed by atoms with E-state index in [0.717, 1.165) is 129 Å². The first kappa shape index (κ1) is 36.0. The molecule has 0 amide bonds. The number of ether oxygens (including phenoxy) is 6. The van der Waals surface area contributed by atoms with Crippen LogP contribution in [0.25, 0.3) is 0 Å². The third-order valence-electron chi connectivity index (χ3n) is 10.1. The molecule has 4 aliphatic rings. The van der Waals surface area contributed by atoms with Crippen molar-refractivity contribution < 1.29 is 38.3 Å². The van der Waals surface area contributed by atoms with E-state index in [9.17, 15) is 4.79 Å². The predicted octanol–water partition coefficient (Wildman–Crippen LogP) is 8.34. The first-order valence-corrected chi connectivity index (χ1v) is 19.2. The van der Waals surface area contributed by atoms with Crippen LogP contribution in [0.4, 0.5) is 0 Å². The summed E-state index contributed by atoms with van der Waals surface area (Å²) in [5.74, 6) is -0.267. The summed E-state index contributed by atoms with van der Waals surface area (Å²) in [6.07, 6.45) is 21.4. The number of aryl methyl sites for hydroxylation is 2. The summed E-state index contributed by atoms with van der Waals surface area (Å²) in [6, 6.07) is 2.24. The summed E-state index contributed by atoms with van der Waals surface area (Å²) in [7, 11) is 0. The third kappa shape index (κ3) is 11.7. The Hall–Kier alpha value is -1.33. The van der Waals surface area contributed by atoms with Gasteiger partial charge in [0.15, 0.2) is 18.9 Å². The smallest absolute Gasteiger partial charge is 0.303 e. The maximum Gasteiger partial charge on any atom is 0.303 e. The second-order valence-electron chi connectivity index (χ2n) is 13.7. The molecule has 0 spiro atoms. The molecule has 1 N–H and O–H groups in total. The lowest BCUT2D eigenvalue weighted by molar-refractivity contribution is -0.204. The summed E-state index contributed by atoms with van der Waals surface area (Å²) >= 11 is 1.81. The molecule has 4 fully saturated rings. The molecule has 0 aromatic carbocycles. The number of thiophene rings is 1. The van der Waals surface area contributed by atoms with Gasteiger partial charge in [-0.1, -0.05) is 31.4 Å². The second-order valence-corrected chi connectivity index (χ2v) is 14.8. The Bertz CT molecular complexity index is 1030. The van der Waals surface area contributed by atoms with Gasteiger partial charge >= 0.3 is 5.97 Å². The molecule has 46 heavy (non-hydrogen) atoms. The fourth-order valence-corrected chi connectivity index (χ4v) is 8.27. The molecule has 5 rings (SSSR count). The van der Waals surface area contributed by atoms with Gasteiger partial charge in [0.05, 0.1) is 18.3 Å². The van der Waals surface area contributed by atoms with Crippen molar-refractivity contribution in [2.75, 3.05) is 19.8 Å².